The Labute approximate surface area is 141 Å². The molecule has 2 nitrogen and oxygen atoms in total. The Hall–Kier alpha value is -0.813. The molecule has 0 aliphatic heterocycles. The highest BCUT2D eigenvalue weighted by Gasteiger charge is 2.45. The van der Waals surface area contributed by atoms with E-state index < -0.39 is 14.1 Å². The molecular formula is C17H25BrFNOSi. The van der Waals surface area contributed by atoms with Gasteiger partial charge in [0.25, 0.3) is 0 Å². The van der Waals surface area contributed by atoms with Crippen LogP contribution in [0.25, 0.3) is 10.9 Å². The number of aromatic hydroxyl groups is 1. The van der Waals surface area contributed by atoms with Crippen molar-refractivity contribution in [3.63, 3.8) is 0 Å². The van der Waals surface area contributed by atoms with Crippen molar-refractivity contribution in [3.05, 3.63) is 28.6 Å². The monoisotopic (exact) mass is 385 g/mol. The molecule has 1 aromatic carbocycles. The maximum atomic E-state index is 14.1. The summed E-state index contributed by atoms with van der Waals surface area (Å²) in [6, 6.07) is 3.46. The lowest BCUT2D eigenvalue weighted by Gasteiger charge is -2.44. The lowest BCUT2D eigenvalue weighted by Crippen LogP contribution is -2.51. The highest BCUT2D eigenvalue weighted by atomic mass is 79.9. The lowest BCUT2D eigenvalue weighted by atomic mass is 10.2. The van der Waals surface area contributed by atoms with Crippen molar-refractivity contribution in [2.24, 2.45) is 0 Å². The van der Waals surface area contributed by atoms with Gasteiger partial charge >= 0.3 is 0 Å². The maximum absolute atomic E-state index is 14.1. The number of hydrogen-bond acceptors (Lipinski definition) is 1. The van der Waals surface area contributed by atoms with E-state index in [1.807, 2.05) is 6.07 Å². The molecule has 0 unspecified atom stereocenters. The predicted molar refractivity (Wildman–Crippen MR) is 97.7 cm³/mol. The van der Waals surface area contributed by atoms with Crippen LogP contribution >= 0.6 is 15.9 Å². The van der Waals surface area contributed by atoms with Crippen LogP contribution in [-0.2, 0) is 0 Å². The Kier molecular flexibility index (Phi) is 4.79. The molecule has 0 aliphatic rings. The van der Waals surface area contributed by atoms with E-state index in [1.54, 1.807) is 0 Å². The Bertz CT molecular complexity index is 672. The van der Waals surface area contributed by atoms with Crippen LogP contribution in [0.3, 0.4) is 0 Å². The van der Waals surface area contributed by atoms with Gasteiger partial charge in [0.05, 0.1) is 4.47 Å². The normalized spacial score (nSPS) is 13.0. The molecule has 1 heterocycles. The minimum Gasteiger partial charge on any atom is -0.504 e. The van der Waals surface area contributed by atoms with E-state index in [9.17, 15) is 9.50 Å². The van der Waals surface area contributed by atoms with E-state index >= 15 is 0 Å². The third kappa shape index (κ3) is 2.33. The summed E-state index contributed by atoms with van der Waals surface area (Å²) in [5, 5.41) is 10.7. The first-order valence-corrected chi connectivity index (χ1v) is 10.8. The highest BCUT2D eigenvalue weighted by molar-refractivity contribution is 9.10. The van der Waals surface area contributed by atoms with Gasteiger partial charge in [-0.25, -0.2) is 4.39 Å². The van der Waals surface area contributed by atoms with E-state index in [4.69, 9.17) is 0 Å². The van der Waals surface area contributed by atoms with Crippen LogP contribution < -0.4 is 0 Å². The number of halogens is 2. The Morgan fingerprint density at radius 1 is 1.09 bits per heavy atom. The van der Waals surface area contributed by atoms with Crippen molar-refractivity contribution in [2.45, 2.75) is 58.2 Å². The molecule has 0 saturated heterocycles. The van der Waals surface area contributed by atoms with Crippen LogP contribution in [0.4, 0.5) is 4.39 Å². The molecule has 0 fully saturated rings. The van der Waals surface area contributed by atoms with E-state index in [2.05, 4.69) is 67.9 Å². The van der Waals surface area contributed by atoms with Gasteiger partial charge in [-0.3, -0.25) is 0 Å². The number of phenols is 1. The van der Waals surface area contributed by atoms with Crippen molar-refractivity contribution < 1.29 is 9.50 Å². The number of phenolic OH excluding ortho intramolecular Hbond substituents is 1. The average Bonchev–Trinajstić information content (AvgIpc) is 2.80. The van der Waals surface area contributed by atoms with Crippen molar-refractivity contribution in [2.75, 3.05) is 0 Å². The molecule has 5 heteroatoms. The zero-order valence-corrected chi connectivity index (χ0v) is 16.7. The smallest absolute Gasteiger partial charge is 0.169 e. The third-order valence-corrected chi connectivity index (χ3v) is 12.6. The molecule has 0 radical (unpaired) electrons. The topological polar surface area (TPSA) is 25.2 Å². The average molecular weight is 386 g/mol. The molecule has 1 aromatic heterocycles. The summed E-state index contributed by atoms with van der Waals surface area (Å²) < 4.78 is 16.9. The molecule has 2 rings (SSSR count). The molecule has 0 spiro atoms. The molecule has 0 aliphatic carbocycles. The van der Waals surface area contributed by atoms with E-state index in [-0.39, 0.29) is 5.75 Å². The SMILES string of the molecule is CC(C)[Si](C(C)C)(C(C)C)n1ccc2c(Br)c(O)c(F)cc21. The minimum atomic E-state index is -1.93. The lowest BCUT2D eigenvalue weighted by molar-refractivity contribution is 0.430. The first-order valence-electron chi connectivity index (χ1n) is 7.84. The van der Waals surface area contributed by atoms with Crippen LogP contribution in [-0.4, -0.2) is 17.6 Å². The van der Waals surface area contributed by atoms with Crippen LogP contribution in [0, 0.1) is 5.82 Å². The molecule has 22 heavy (non-hydrogen) atoms. The standard InChI is InChI=1S/C17H25BrFNOSi/c1-10(2)22(11(3)4,12(5)6)20-8-7-13-15(20)9-14(19)17(21)16(13)18/h7-12,21H,1-6H3. The number of fused-ring (bicyclic) bond motifs is 1. The molecule has 0 saturated carbocycles. The number of nitrogens with zero attached hydrogens (tertiary/aromatic N) is 1. The summed E-state index contributed by atoms with van der Waals surface area (Å²) in [6.07, 6.45) is 2.08. The van der Waals surface area contributed by atoms with Gasteiger partial charge in [0.2, 0.25) is 0 Å². The number of rotatable bonds is 4. The predicted octanol–water partition coefficient (Wildman–Crippen LogP) is 6.27. The van der Waals surface area contributed by atoms with E-state index in [1.165, 1.54) is 6.07 Å². The molecule has 1 N–H and O–H groups in total. The van der Waals surface area contributed by atoms with Gasteiger partial charge in [-0.2, -0.15) is 0 Å². The van der Waals surface area contributed by atoms with Gasteiger partial charge in [0.1, 0.15) is 0 Å². The zero-order valence-electron chi connectivity index (χ0n) is 14.1. The van der Waals surface area contributed by atoms with Crippen molar-refractivity contribution in [1.82, 2.24) is 4.23 Å². The Balaban J connectivity index is 2.87. The first-order chi connectivity index (χ1) is 10.2. The second kappa shape index (κ2) is 6.00. The van der Waals surface area contributed by atoms with Gasteiger partial charge in [0, 0.05) is 17.0 Å². The van der Waals surface area contributed by atoms with Crippen LogP contribution in [0.1, 0.15) is 41.5 Å². The second-order valence-corrected chi connectivity index (χ2v) is 13.5. The molecule has 122 valence electrons. The fraction of sp³-hybridized carbons (Fsp3) is 0.529. The number of aromatic nitrogens is 1. The number of benzene rings is 1. The second-order valence-electron chi connectivity index (χ2n) is 6.99. The largest absolute Gasteiger partial charge is 0.504 e. The summed E-state index contributed by atoms with van der Waals surface area (Å²) in [4.78, 5) is 0. The Morgan fingerprint density at radius 3 is 2.05 bits per heavy atom. The van der Waals surface area contributed by atoms with Crippen LogP contribution in [0.15, 0.2) is 22.8 Å². The zero-order chi connectivity index (χ0) is 16.8. The van der Waals surface area contributed by atoms with Gasteiger partial charge in [-0.05, 0) is 44.8 Å². The maximum Gasteiger partial charge on any atom is 0.169 e. The minimum absolute atomic E-state index is 0.309. The van der Waals surface area contributed by atoms with E-state index in [0.29, 0.717) is 21.1 Å². The molecule has 0 bridgehead atoms. The van der Waals surface area contributed by atoms with Crippen molar-refractivity contribution in [3.8, 4) is 5.75 Å². The quantitative estimate of drug-likeness (QED) is 0.616. The fourth-order valence-corrected chi connectivity index (χ4v) is 11.5. The summed E-state index contributed by atoms with van der Waals surface area (Å²) in [5.74, 6) is -0.880. The summed E-state index contributed by atoms with van der Waals surface area (Å²) in [7, 11) is -1.93. The van der Waals surface area contributed by atoms with Gasteiger partial charge < -0.3 is 9.34 Å². The van der Waals surface area contributed by atoms with E-state index in [0.717, 1.165) is 10.9 Å². The van der Waals surface area contributed by atoms with Gasteiger partial charge in [0.15, 0.2) is 19.8 Å². The fourth-order valence-electron chi connectivity index (χ4n) is 4.37. The summed E-state index contributed by atoms with van der Waals surface area (Å²) in [5.41, 5.74) is 2.46. The summed E-state index contributed by atoms with van der Waals surface area (Å²) in [6.45, 7) is 13.7. The first kappa shape index (κ1) is 17.5. The van der Waals surface area contributed by atoms with Gasteiger partial charge in [-0.15, -0.1) is 0 Å². The highest BCUT2D eigenvalue weighted by Crippen LogP contribution is 2.45. The number of hydrogen-bond donors (Lipinski definition) is 1. The molecule has 2 aromatic rings. The molecular weight excluding hydrogens is 361 g/mol. The van der Waals surface area contributed by atoms with Crippen LogP contribution in [0.2, 0.25) is 16.6 Å². The Morgan fingerprint density at radius 2 is 1.59 bits per heavy atom. The third-order valence-electron chi connectivity index (χ3n) is 5.05. The van der Waals surface area contributed by atoms with Gasteiger partial charge in [-0.1, -0.05) is 41.5 Å². The van der Waals surface area contributed by atoms with Crippen molar-refractivity contribution >= 4 is 35.1 Å². The van der Waals surface area contributed by atoms with Crippen LogP contribution in [0.5, 0.6) is 5.75 Å². The van der Waals surface area contributed by atoms with Crippen molar-refractivity contribution in [1.29, 1.82) is 0 Å². The molecule has 0 atom stereocenters. The summed E-state index contributed by atoms with van der Waals surface area (Å²) >= 11 is 3.33. The molecule has 0 amide bonds.